The van der Waals surface area contributed by atoms with Crippen LogP contribution < -0.4 is 21.7 Å². The lowest BCUT2D eigenvalue weighted by molar-refractivity contribution is -0.143. The highest BCUT2D eigenvalue weighted by Crippen LogP contribution is 2.34. The van der Waals surface area contributed by atoms with Crippen LogP contribution in [0.1, 0.15) is 86.0 Å². The minimum absolute atomic E-state index is 0.00632. The molecule has 1 aliphatic heterocycles. The van der Waals surface area contributed by atoms with Crippen molar-refractivity contribution in [3.05, 3.63) is 30.3 Å². The molecular weight excluding hydrogens is 634 g/mol. The standard InChI is InChI=1S/C35H51N5O7S/c1-7-8-17-26(28(41)30(36)42)37-31(43)27-20-24(23(2)3)21-40(27)32(44)29(34(4,5)6)38-33(45)39-35(18-13-10-14-19-35)22-48(46,47)25-15-11-9-12-16-25/h1,9,11-12,15-16,23-24,26-27,29H,8,10,13-14,17-22H2,2-6H3,(H2,36,42)(H,37,43)(H2,38,39,45)/t24?,26?,27-,29+/m0/s1. The fraction of sp³-hybridized carbons (Fsp3) is 0.629. The number of carbonyl (C=O) groups excluding carboxylic acids is 5. The zero-order valence-corrected chi connectivity index (χ0v) is 29.5. The number of carbonyl (C=O) groups is 5. The molecule has 2 aliphatic rings. The predicted molar refractivity (Wildman–Crippen MR) is 182 cm³/mol. The van der Waals surface area contributed by atoms with Crippen LogP contribution in [-0.4, -0.2) is 78.8 Å². The van der Waals surface area contributed by atoms with Crippen LogP contribution in [0.4, 0.5) is 4.79 Å². The van der Waals surface area contributed by atoms with Gasteiger partial charge in [0.2, 0.25) is 17.6 Å². The number of nitrogens with two attached hydrogens (primary N) is 1. The Bertz CT molecular complexity index is 1490. The van der Waals surface area contributed by atoms with Gasteiger partial charge in [-0.1, -0.05) is 72.1 Å². The van der Waals surface area contributed by atoms with E-state index >= 15 is 0 Å². The predicted octanol–water partition coefficient (Wildman–Crippen LogP) is 2.70. The third kappa shape index (κ3) is 9.81. The van der Waals surface area contributed by atoms with Gasteiger partial charge in [0.1, 0.15) is 12.1 Å². The van der Waals surface area contributed by atoms with Gasteiger partial charge >= 0.3 is 6.03 Å². The summed E-state index contributed by atoms with van der Waals surface area (Å²) in [6.45, 7) is 9.58. The molecule has 13 heteroatoms. The SMILES string of the molecule is C#CCCC(NC(=O)[C@@H]1CC(C(C)C)CN1C(=O)[C@@H](NC(=O)NC1(CS(=O)(=O)c2ccccc2)CCCCC1)C(C)(C)C)C(=O)C(N)=O. The van der Waals surface area contributed by atoms with Crippen LogP contribution in [-0.2, 0) is 29.0 Å². The van der Waals surface area contributed by atoms with Gasteiger partial charge < -0.3 is 26.6 Å². The number of sulfone groups is 1. The number of primary amides is 1. The average molecular weight is 686 g/mol. The van der Waals surface area contributed by atoms with E-state index in [4.69, 9.17) is 12.2 Å². The summed E-state index contributed by atoms with van der Waals surface area (Å²) < 4.78 is 26.8. The van der Waals surface area contributed by atoms with Gasteiger partial charge in [-0.3, -0.25) is 19.2 Å². The van der Waals surface area contributed by atoms with E-state index < -0.39 is 68.5 Å². The highest BCUT2D eigenvalue weighted by molar-refractivity contribution is 7.91. The minimum Gasteiger partial charge on any atom is -0.363 e. The second-order valence-corrected chi connectivity index (χ2v) is 16.6. The Kier molecular flexibility index (Phi) is 12.8. The summed E-state index contributed by atoms with van der Waals surface area (Å²) in [5, 5.41) is 8.39. The van der Waals surface area contributed by atoms with Crippen LogP contribution in [0.25, 0.3) is 0 Å². The molecule has 4 atom stereocenters. The number of rotatable bonds is 13. The number of urea groups is 1. The van der Waals surface area contributed by atoms with Crippen molar-refractivity contribution in [2.75, 3.05) is 12.3 Å². The number of hydrogen-bond acceptors (Lipinski definition) is 7. The molecule has 2 unspecified atom stereocenters. The number of benzene rings is 1. The van der Waals surface area contributed by atoms with E-state index in [1.165, 1.54) is 17.0 Å². The van der Waals surface area contributed by atoms with Gasteiger partial charge in [-0.2, -0.15) is 0 Å². The van der Waals surface area contributed by atoms with Crippen LogP contribution in [0.2, 0.25) is 0 Å². The molecular formula is C35H51N5O7S. The van der Waals surface area contributed by atoms with Gasteiger partial charge in [-0.15, -0.1) is 12.3 Å². The van der Waals surface area contributed by atoms with E-state index in [1.54, 1.807) is 39.0 Å². The summed E-state index contributed by atoms with van der Waals surface area (Å²) in [6.07, 6.45) is 9.12. The molecule has 3 rings (SSSR count). The van der Waals surface area contributed by atoms with Crippen molar-refractivity contribution in [2.45, 2.75) is 115 Å². The maximum absolute atomic E-state index is 14.3. The quantitative estimate of drug-likeness (QED) is 0.182. The zero-order valence-electron chi connectivity index (χ0n) is 28.7. The lowest BCUT2D eigenvalue weighted by Crippen LogP contribution is -2.63. The van der Waals surface area contributed by atoms with E-state index in [2.05, 4.69) is 21.9 Å². The Morgan fingerprint density at radius 1 is 1.04 bits per heavy atom. The van der Waals surface area contributed by atoms with Crippen molar-refractivity contribution in [1.82, 2.24) is 20.9 Å². The second-order valence-electron chi connectivity index (χ2n) is 14.6. The number of ketones is 1. The Morgan fingerprint density at radius 2 is 1.67 bits per heavy atom. The second kappa shape index (κ2) is 16.0. The Hall–Kier alpha value is -3.92. The smallest absolute Gasteiger partial charge is 0.315 e. The van der Waals surface area contributed by atoms with Crippen LogP contribution in [0.15, 0.2) is 35.2 Å². The molecule has 5 amide bonds. The zero-order chi connectivity index (χ0) is 35.9. The number of nitrogens with zero attached hydrogens (tertiary/aromatic N) is 1. The number of amides is 5. The molecule has 0 radical (unpaired) electrons. The minimum atomic E-state index is -3.73. The first-order valence-electron chi connectivity index (χ1n) is 16.7. The summed E-state index contributed by atoms with van der Waals surface area (Å²) in [4.78, 5) is 67.5. The first-order chi connectivity index (χ1) is 22.4. The molecule has 264 valence electrons. The molecule has 1 saturated heterocycles. The molecule has 48 heavy (non-hydrogen) atoms. The third-order valence-electron chi connectivity index (χ3n) is 9.46. The average Bonchev–Trinajstić information content (AvgIpc) is 3.47. The number of hydrogen-bond donors (Lipinski definition) is 4. The van der Waals surface area contributed by atoms with Crippen LogP contribution in [0.3, 0.4) is 0 Å². The molecule has 0 spiro atoms. The summed E-state index contributed by atoms with van der Waals surface area (Å²) in [6, 6.07) is 4.15. The number of Topliss-reactive ketones (excluding diaryl/α,β-unsaturated/α-hetero) is 1. The van der Waals surface area contributed by atoms with E-state index in [9.17, 15) is 32.4 Å². The van der Waals surface area contributed by atoms with Gasteiger partial charge in [-0.05, 0) is 55.1 Å². The Labute approximate surface area is 284 Å². The number of likely N-dealkylation sites (tertiary alicyclic amines) is 1. The number of terminal acetylenes is 1. The first-order valence-corrected chi connectivity index (χ1v) is 18.3. The van der Waals surface area contributed by atoms with Crippen molar-refractivity contribution >= 4 is 39.4 Å². The third-order valence-corrected chi connectivity index (χ3v) is 11.4. The molecule has 1 aliphatic carbocycles. The molecule has 12 nitrogen and oxygen atoms in total. The fourth-order valence-electron chi connectivity index (χ4n) is 6.61. The largest absolute Gasteiger partial charge is 0.363 e. The van der Waals surface area contributed by atoms with Gasteiger partial charge in [0, 0.05) is 13.0 Å². The van der Waals surface area contributed by atoms with Crippen molar-refractivity contribution in [2.24, 2.45) is 23.0 Å². The fourth-order valence-corrected chi connectivity index (χ4v) is 8.44. The molecule has 1 saturated carbocycles. The van der Waals surface area contributed by atoms with Gasteiger partial charge in [0.25, 0.3) is 5.91 Å². The molecule has 1 heterocycles. The molecule has 1 aromatic rings. The molecule has 1 aromatic carbocycles. The summed E-state index contributed by atoms with van der Waals surface area (Å²) in [5.74, 6) is -1.12. The highest BCUT2D eigenvalue weighted by Gasteiger charge is 2.47. The molecule has 0 aromatic heterocycles. The van der Waals surface area contributed by atoms with Crippen molar-refractivity contribution in [3.8, 4) is 12.3 Å². The summed E-state index contributed by atoms with van der Waals surface area (Å²) >= 11 is 0. The molecule has 0 bridgehead atoms. The maximum Gasteiger partial charge on any atom is 0.315 e. The van der Waals surface area contributed by atoms with E-state index in [-0.39, 0.29) is 41.9 Å². The highest BCUT2D eigenvalue weighted by atomic mass is 32.2. The van der Waals surface area contributed by atoms with Crippen molar-refractivity contribution < 1.29 is 32.4 Å². The van der Waals surface area contributed by atoms with E-state index in [0.29, 0.717) is 19.3 Å². The van der Waals surface area contributed by atoms with E-state index in [0.717, 1.165) is 19.3 Å². The normalized spacial score (nSPS) is 20.6. The lowest BCUT2D eigenvalue weighted by atomic mass is 9.83. The Morgan fingerprint density at radius 3 is 2.21 bits per heavy atom. The summed E-state index contributed by atoms with van der Waals surface area (Å²) in [5.41, 5.74) is 3.38. The Balaban J connectivity index is 1.86. The first kappa shape index (κ1) is 38.5. The summed E-state index contributed by atoms with van der Waals surface area (Å²) in [7, 11) is -3.73. The van der Waals surface area contributed by atoms with Crippen molar-refractivity contribution in [1.29, 1.82) is 0 Å². The topological polar surface area (TPSA) is 185 Å². The molecule has 5 N–H and O–H groups in total. The number of nitrogens with one attached hydrogen (secondary N) is 3. The monoisotopic (exact) mass is 685 g/mol. The van der Waals surface area contributed by atoms with Gasteiger partial charge in [0.15, 0.2) is 9.84 Å². The van der Waals surface area contributed by atoms with Crippen molar-refractivity contribution in [3.63, 3.8) is 0 Å². The van der Waals surface area contributed by atoms with E-state index in [1.807, 2.05) is 13.8 Å². The lowest BCUT2D eigenvalue weighted by Gasteiger charge is -2.40. The van der Waals surface area contributed by atoms with Crippen LogP contribution in [0, 0.1) is 29.6 Å². The van der Waals surface area contributed by atoms with Crippen LogP contribution in [0.5, 0.6) is 0 Å². The van der Waals surface area contributed by atoms with Gasteiger partial charge in [-0.25, -0.2) is 13.2 Å². The van der Waals surface area contributed by atoms with Gasteiger partial charge in [0.05, 0.1) is 22.2 Å². The maximum atomic E-state index is 14.3. The molecule has 2 fully saturated rings. The van der Waals surface area contributed by atoms with Crippen LogP contribution >= 0.6 is 0 Å².